The minimum absolute atomic E-state index is 0. The van der Waals surface area contributed by atoms with Crippen molar-refractivity contribution in [2.24, 2.45) is 5.73 Å². The van der Waals surface area contributed by atoms with E-state index in [4.69, 9.17) is 10.5 Å². The number of nitrogens with one attached hydrogen (secondary N) is 1. The molecule has 1 aliphatic rings. The smallest absolute Gasteiger partial charge is 0.246 e. The van der Waals surface area contributed by atoms with Gasteiger partial charge in [-0.3, -0.25) is 9.59 Å². The molecule has 0 aliphatic carbocycles. The van der Waals surface area contributed by atoms with Crippen molar-refractivity contribution in [1.29, 1.82) is 0 Å². The van der Waals surface area contributed by atoms with Crippen molar-refractivity contribution in [2.45, 2.75) is 37.8 Å². The molecule has 1 fully saturated rings. The van der Waals surface area contributed by atoms with Crippen LogP contribution in [-0.2, 0) is 19.9 Å². The first kappa shape index (κ1) is 21.4. The fourth-order valence-corrected chi connectivity index (χ4v) is 2.91. The molecule has 1 atom stereocenters. The van der Waals surface area contributed by atoms with Gasteiger partial charge in [0.2, 0.25) is 11.8 Å². The summed E-state index contributed by atoms with van der Waals surface area (Å²) in [5.41, 5.74) is 6.11. The third-order valence-corrected chi connectivity index (χ3v) is 4.51. The van der Waals surface area contributed by atoms with E-state index in [1.54, 1.807) is 14.0 Å². The van der Waals surface area contributed by atoms with Crippen molar-refractivity contribution in [3.63, 3.8) is 0 Å². The second-order valence-electron chi connectivity index (χ2n) is 6.35. The number of nitrogens with two attached hydrogens (primary N) is 1. The Morgan fingerprint density at radius 1 is 1.28 bits per heavy atom. The van der Waals surface area contributed by atoms with E-state index in [9.17, 15) is 9.59 Å². The van der Waals surface area contributed by atoms with Crippen molar-refractivity contribution in [1.82, 2.24) is 10.2 Å². The van der Waals surface area contributed by atoms with Crippen LogP contribution >= 0.6 is 12.4 Å². The number of rotatable bonds is 6. The van der Waals surface area contributed by atoms with Crippen molar-refractivity contribution < 1.29 is 14.3 Å². The predicted octanol–water partition coefficient (Wildman–Crippen LogP) is 1.43. The Balaban J connectivity index is 0.00000312. The number of carbonyl (C=O) groups excluding carboxylic acids is 2. The largest absolute Gasteiger partial charge is 0.378 e. The van der Waals surface area contributed by atoms with Crippen LogP contribution in [-0.4, -0.2) is 49.6 Å². The summed E-state index contributed by atoms with van der Waals surface area (Å²) in [6, 6.07) is 9.45. The fourth-order valence-electron chi connectivity index (χ4n) is 2.91. The number of hydrogen-bond acceptors (Lipinski definition) is 4. The van der Waals surface area contributed by atoms with Gasteiger partial charge in [-0.2, -0.15) is 0 Å². The van der Waals surface area contributed by atoms with Gasteiger partial charge in [-0.1, -0.05) is 30.3 Å². The van der Waals surface area contributed by atoms with Crippen LogP contribution < -0.4 is 11.1 Å². The quantitative estimate of drug-likeness (QED) is 0.794. The number of benzene rings is 1. The number of hydrogen-bond donors (Lipinski definition) is 2. The molecule has 2 rings (SSSR count). The van der Waals surface area contributed by atoms with Crippen LogP contribution in [0.3, 0.4) is 0 Å². The molecule has 1 aromatic rings. The lowest BCUT2D eigenvalue weighted by Crippen LogP contribution is -2.53. The summed E-state index contributed by atoms with van der Waals surface area (Å²) in [6.45, 7) is 3.43. The lowest BCUT2D eigenvalue weighted by Gasteiger charge is -2.37. The highest BCUT2D eigenvalue weighted by molar-refractivity contribution is 5.87. The number of amides is 2. The molecule has 1 saturated heterocycles. The second-order valence-corrected chi connectivity index (χ2v) is 6.35. The first-order valence-corrected chi connectivity index (χ1v) is 8.41. The van der Waals surface area contributed by atoms with Gasteiger partial charge in [-0.15, -0.1) is 12.4 Å². The molecule has 6 nitrogen and oxygen atoms in total. The number of ether oxygens (including phenoxy) is 1. The Labute approximate surface area is 155 Å². The summed E-state index contributed by atoms with van der Waals surface area (Å²) in [7, 11) is 1.61. The summed E-state index contributed by atoms with van der Waals surface area (Å²) in [6.07, 6.45) is 2.00. The van der Waals surface area contributed by atoms with E-state index in [0.717, 1.165) is 18.4 Å². The molecule has 0 radical (unpaired) electrons. The number of likely N-dealkylation sites (tertiary alicyclic amines) is 1. The topological polar surface area (TPSA) is 84.7 Å². The maximum atomic E-state index is 12.8. The number of nitrogens with zero attached hydrogens (tertiary/aromatic N) is 1. The van der Waals surface area contributed by atoms with Crippen LogP contribution in [0, 0.1) is 0 Å². The summed E-state index contributed by atoms with van der Waals surface area (Å²) in [5, 5.41) is 2.57. The molecule has 1 aliphatic heterocycles. The normalized spacial score (nSPS) is 17.3. The van der Waals surface area contributed by atoms with Gasteiger partial charge in [0.1, 0.15) is 5.54 Å². The molecule has 0 saturated carbocycles. The van der Waals surface area contributed by atoms with Crippen molar-refractivity contribution in [3.05, 3.63) is 35.9 Å². The lowest BCUT2D eigenvalue weighted by atomic mass is 9.90. The number of halogens is 1. The molecule has 0 spiro atoms. The minimum Gasteiger partial charge on any atom is -0.378 e. The molecular formula is C18H28ClN3O3. The van der Waals surface area contributed by atoms with E-state index >= 15 is 0 Å². The average molecular weight is 370 g/mol. The highest BCUT2D eigenvalue weighted by Crippen LogP contribution is 2.23. The Bertz CT molecular complexity index is 558. The van der Waals surface area contributed by atoms with Gasteiger partial charge in [0.05, 0.1) is 12.7 Å². The Kier molecular flexibility index (Phi) is 8.35. The monoisotopic (exact) mass is 369 g/mol. The maximum Gasteiger partial charge on any atom is 0.246 e. The van der Waals surface area contributed by atoms with Gasteiger partial charge in [-0.25, -0.2) is 0 Å². The van der Waals surface area contributed by atoms with Crippen LogP contribution in [0.1, 0.15) is 31.7 Å². The Hall–Kier alpha value is -1.63. The average Bonchev–Trinajstić information content (AvgIpc) is 2.62. The highest BCUT2D eigenvalue weighted by atomic mass is 35.5. The van der Waals surface area contributed by atoms with Crippen molar-refractivity contribution >= 4 is 24.2 Å². The van der Waals surface area contributed by atoms with Gasteiger partial charge < -0.3 is 20.7 Å². The summed E-state index contributed by atoms with van der Waals surface area (Å²) in [4.78, 5) is 25.8. The lowest BCUT2D eigenvalue weighted by molar-refractivity contribution is -0.139. The molecule has 3 N–H and O–H groups in total. The summed E-state index contributed by atoms with van der Waals surface area (Å²) < 4.78 is 5.72. The van der Waals surface area contributed by atoms with E-state index in [1.807, 2.05) is 35.2 Å². The molecule has 1 aromatic carbocycles. The van der Waals surface area contributed by atoms with E-state index in [2.05, 4.69) is 5.32 Å². The standard InChI is InChI=1S/C18H27N3O3.ClH/c1-18(19,14-6-4-3-5-7-14)17(23)21-11-8-15(9-12-21)24-13-10-16(22)20-2;/h3-7,15H,8-13,19H2,1-2H3,(H,20,22);1H. The van der Waals surface area contributed by atoms with Crippen LogP contribution in [0.4, 0.5) is 0 Å². The predicted molar refractivity (Wildman–Crippen MR) is 99.5 cm³/mol. The van der Waals surface area contributed by atoms with Crippen LogP contribution in [0.15, 0.2) is 30.3 Å². The second kappa shape index (κ2) is 9.75. The molecule has 1 unspecified atom stereocenters. The van der Waals surface area contributed by atoms with Crippen LogP contribution in [0.25, 0.3) is 0 Å². The third kappa shape index (κ3) is 5.70. The zero-order valence-corrected chi connectivity index (χ0v) is 15.7. The zero-order valence-electron chi connectivity index (χ0n) is 14.9. The van der Waals surface area contributed by atoms with Gasteiger partial charge in [0.25, 0.3) is 0 Å². The van der Waals surface area contributed by atoms with E-state index in [0.29, 0.717) is 26.1 Å². The van der Waals surface area contributed by atoms with Gasteiger partial charge in [0, 0.05) is 26.6 Å². The fraction of sp³-hybridized carbons (Fsp3) is 0.556. The van der Waals surface area contributed by atoms with Gasteiger partial charge in [0.15, 0.2) is 0 Å². The van der Waals surface area contributed by atoms with Crippen LogP contribution in [0.5, 0.6) is 0 Å². The van der Waals surface area contributed by atoms with E-state index < -0.39 is 5.54 Å². The molecule has 140 valence electrons. The maximum absolute atomic E-state index is 12.8. The Morgan fingerprint density at radius 3 is 2.44 bits per heavy atom. The van der Waals surface area contributed by atoms with Gasteiger partial charge in [-0.05, 0) is 25.3 Å². The first-order chi connectivity index (χ1) is 11.4. The van der Waals surface area contributed by atoms with Crippen molar-refractivity contribution in [3.8, 4) is 0 Å². The molecular weight excluding hydrogens is 342 g/mol. The van der Waals surface area contributed by atoms with Crippen LogP contribution in [0.2, 0.25) is 0 Å². The molecule has 2 amide bonds. The molecule has 1 heterocycles. The molecule has 0 bridgehead atoms. The first-order valence-electron chi connectivity index (χ1n) is 8.41. The molecule has 0 aromatic heterocycles. The van der Waals surface area contributed by atoms with E-state index in [-0.39, 0.29) is 30.3 Å². The Morgan fingerprint density at radius 2 is 1.88 bits per heavy atom. The molecule has 7 heteroatoms. The van der Waals surface area contributed by atoms with E-state index in [1.165, 1.54) is 0 Å². The minimum atomic E-state index is -1.02. The summed E-state index contributed by atoms with van der Waals surface area (Å²) >= 11 is 0. The zero-order chi connectivity index (χ0) is 17.6. The third-order valence-electron chi connectivity index (χ3n) is 4.51. The number of piperidine rings is 1. The number of carbonyl (C=O) groups is 2. The van der Waals surface area contributed by atoms with Crippen molar-refractivity contribution in [2.75, 3.05) is 26.7 Å². The summed E-state index contributed by atoms with van der Waals surface area (Å²) in [5.74, 6) is -0.0816. The highest BCUT2D eigenvalue weighted by Gasteiger charge is 2.36. The van der Waals surface area contributed by atoms with Gasteiger partial charge >= 0.3 is 0 Å². The molecule has 25 heavy (non-hydrogen) atoms. The SMILES string of the molecule is CNC(=O)CCOC1CCN(C(=O)C(C)(N)c2ccccc2)CC1.Cl.